The molecule has 1 saturated heterocycles. The molecule has 0 aliphatic carbocycles. The van der Waals surface area contributed by atoms with E-state index >= 15 is 0 Å². The first-order valence-electron chi connectivity index (χ1n) is 9.80. The van der Waals surface area contributed by atoms with E-state index in [9.17, 15) is 14.0 Å². The highest BCUT2D eigenvalue weighted by Gasteiger charge is 2.37. The number of aromatic nitrogens is 1. The molecule has 2 amide bonds. The molecule has 2 aliphatic rings. The third kappa shape index (κ3) is 4.13. The van der Waals surface area contributed by atoms with Crippen LogP contribution in [0.15, 0.2) is 34.7 Å². The number of hydrazone groups is 1. The summed E-state index contributed by atoms with van der Waals surface area (Å²) >= 11 is 1.61. The van der Waals surface area contributed by atoms with Gasteiger partial charge in [-0.3, -0.25) is 14.6 Å². The summed E-state index contributed by atoms with van der Waals surface area (Å²) < 4.78 is 13.3. The van der Waals surface area contributed by atoms with Gasteiger partial charge in [0.15, 0.2) is 5.13 Å². The fourth-order valence-corrected chi connectivity index (χ4v) is 4.53. The summed E-state index contributed by atoms with van der Waals surface area (Å²) in [6.45, 7) is 4.64. The molecule has 1 fully saturated rings. The van der Waals surface area contributed by atoms with E-state index in [4.69, 9.17) is 5.73 Å². The number of hydrogen-bond acceptors (Lipinski definition) is 7. The lowest BCUT2D eigenvalue weighted by Crippen LogP contribution is -2.41. The minimum absolute atomic E-state index is 0.136. The highest BCUT2D eigenvalue weighted by molar-refractivity contribution is 7.13. The van der Waals surface area contributed by atoms with Crippen LogP contribution in [0, 0.1) is 12.7 Å². The molecule has 2 aliphatic heterocycles. The summed E-state index contributed by atoms with van der Waals surface area (Å²) in [6, 6.07) is 4.83. The Hall–Kier alpha value is -3.01. The van der Waals surface area contributed by atoms with Crippen LogP contribution in [0.25, 0.3) is 0 Å². The number of rotatable bonds is 4. The Labute approximate surface area is 177 Å². The second-order valence-electron chi connectivity index (χ2n) is 7.39. The number of anilines is 2. The van der Waals surface area contributed by atoms with Crippen LogP contribution >= 0.6 is 11.3 Å². The van der Waals surface area contributed by atoms with Crippen LogP contribution in [0.5, 0.6) is 0 Å². The summed E-state index contributed by atoms with van der Waals surface area (Å²) in [5.41, 5.74) is 7.34. The van der Waals surface area contributed by atoms with Gasteiger partial charge in [-0.2, -0.15) is 5.10 Å². The van der Waals surface area contributed by atoms with E-state index in [1.807, 2.05) is 12.3 Å². The van der Waals surface area contributed by atoms with Gasteiger partial charge < -0.3 is 15.5 Å². The number of nitrogens with zero attached hydrogens (tertiary/aromatic N) is 5. The monoisotopic (exact) mass is 430 g/mol. The molecule has 0 saturated carbocycles. The summed E-state index contributed by atoms with van der Waals surface area (Å²) in [5, 5.41) is 8.79. The van der Waals surface area contributed by atoms with Crippen LogP contribution < -0.4 is 15.6 Å². The summed E-state index contributed by atoms with van der Waals surface area (Å²) in [6.07, 6.45) is 0.954. The number of halogens is 1. The third-order valence-electron chi connectivity index (χ3n) is 5.24. The van der Waals surface area contributed by atoms with Gasteiger partial charge in [0.2, 0.25) is 5.91 Å². The molecule has 0 radical (unpaired) electrons. The minimum Gasteiger partial charge on any atom is -0.368 e. The van der Waals surface area contributed by atoms with Gasteiger partial charge >= 0.3 is 0 Å². The maximum Gasteiger partial charge on any atom is 0.270 e. The van der Waals surface area contributed by atoms with E-state index in [1.54, 1.807) is 16.2 Å². The Kier molecular flexibility index (Phi) is 5.67. The fourth-order valence-electron chi connectivity index (χ4n) is 3.67. The number of carbonyl (C=O) groups excluding carboxylic acids is 2. The normalized spacial score (nSPS) is 19.6. The zero-order valence-corrected chi connectivity index (χ0v) is 17.4. The van der Waals surface area contributed by atoms with Crippen LogP contribution in [-0.2, 0) is 9.59 Å². The molecule has 8 nitrogen and oxygen atoms in total. The van der Waals surface area contributed by atoms with Crippen LogP contribution in [0.3, 0.4) is 0 Å². The molecule has 1 aromatic heterocycles. The Balaban J connectivity index is 1.48. The molecule has 2 aromatic rings. The first-order chi connectivity index (χ1) is 14.4. The lowest BCUT2D eigenvalue weighted by atomic mass is 10.1. The highest BCUT2D eigenvalue weighted by atomic mass is 32.1. The second-order valence-corrected chi connectivity index (χ2v) is 8.23. The molecule has 3 heterocycles. The van der Waals surface area contributed by atoms with E-state index in [2.05, 4.69) is 15.0 Å². The molecule has 2 N–H and O–H groups in total. The van der Waals surface area contributed by atoms with E-state index in [0.717, 1.165) is 23.8 Å². The van der Waals surface area contributed by atoms with E-state index in [-0.39, 0.29) is 12.3 Å². The molecular formula is C20H23FN6O2S. The lowest BCUT2D eigenvalue weighted by Gasteiger charge is -2.21. The topological polar surface area (TPSA) is 95.1 Å². The van der Waals surface area contributed by atoms with Crippen molar-refractivity contribution in [2.75, 3.05) is 36.1 Å². The first-order valence-corrected chi connectivity index (χ1v) is 10.7. The smallest absolute Gasteiger partial charge is 0.270 e. The Bertz CT molecular complexity index is 976. The lowest BCUT2D eigenvalue weighted by molar-refractivity contribution is -0.124. The molecule has 4 rings (SSSR count). The predicted octanol–water partition coefficient (Wildman–Crippen LogP) is 1.75. The van der Waals surface area contributed by atoms with Crippen molar-refractivity contribution in [3.63, 3.8) is 0 Å². The van der Waals surface area contributed by atoms with Crippen molar-refractivity contribution in [1.29, 1.82) is 0 Å². The van der Waals surface area contributed by atoms with Gasteiger partial charge in [-0.15, -0.1) is 11.3 Å². The third-order valence-corrected chi connectivity index (χ3v) is 6.26. The number of carbonyl (C=O) groups is 2. The Morgan fingerprint density at radius 2 is 1.93 bits per heavy atom. The molecular weight excluding hydrogens is 407 g/mol. The summed E-state index contributed by atoms with van der Waals surface area (Å²) in [7, 11) is 0. The van der Waals surface area contributed by atoms with Crippen LogP contribution in [0.4, 0.5) is 15.2 Å². The number of thiazole rings is 1. The first kappa shape index (κ1) is 20.3. The standard InChI is InChI=1S/C20H23FN6O2S/c1-13-12-30-20(23-13)26-8-2-7-25(9-10-26)19(29)16-11-17(18(22)28)27(24-16)15-5-3-14(21)4-6-15/h3-6,12,17H,2,7-11H2,1H3,(H2,22,28). The highest BCUT2D eigenvalue weighted by Crippen LogP contribution is 2.26. The van der Waals surface area contributed by atoms with Gasteiger partial charge in [0, 0.05) is 38.0 Å². The number of hydrogen-bond donors (Lipinski definition) is 1. The Morgan fingerprint density at radius 3 is 2.60 bits per heavy atom. The summed E-state index contributed by atoms with van der Waals surface area (Å²) in [4.78, 5) is 33.6. The average Bonchev–Trinajstić information content (AvgIpc) is 3.28. The molecule has 0 spiro atoms. The van der Waals surface area contributed by atoms with E-state index < -0.39 is 17.8 Å². The van der Waals surface area contributed by atoms with E-state index in [1.165, 1.54) is 29.3 Å². The Morgan fingerprint density at radius 1 is 1.17 bits per heavy atom. The minimum atomic E-state index is -0.767. The maximum atomic E-state index is 13.3. The largest absolute Gasteiger partial charge is 0.368 e. The molecule has 1 aromatic carbocycles. The fraction of sp³-hybridized carbons (Fsp3) is 0.400. The number of amides is 2. The van der Waals surface area contributed by atoms with Gasteiger partial charge in [-0.25, -0.2) is 9.37 Å². The van der Waals surface area contributed by atoms with E-state index in [0.29, 0.717) is 31.0 Å². The molecule has 158 valence electrons. The second kappa shape index (κ2) is 8.39. The number of nitrogens with two attached hydrogens (primary N) is 1. The number of benzene rings is 1. The molecule has 0 bridgehead atoms. The van der Waals surface area contributed by atoms with Crippen molar-refractivity contribution in [2.24, 2.45) is 10.8 Å². The average molecular weight is 431 g/mol. The number of aryl methyl sites for hydroxylation is 1. The molecule has 1 unspecified atom stereocenters. The predicted molar refractivity (Wildman–Crippen MR) is 114 cm³/mol. The van der Waals surface area contributed by atoms with Gasteiger partial charge in [0.1, 0.15) is 17.6 Å². The van der Waals surface area contributed by atoms with Crippen LogP contribution in [0.2, 0.25) is 0 Å². The van der Waals surface area contributed by atoms with Crippen molar-refractivity contribution in [3.8, 4) is 0 Å². The van der Waals surface area contributed by atoms with Crippen LogP contribution in [-0.4, -0.2) is 59.6 Å². The zero-order chi connectivity index (χ0) is 21.3. The van der Waals surface area contributed by atoms with Gasteiger partial charge in [0.25, 0.3) is 5.91 Å². The van der Waals surface area contributed by atoms with Crippen molar-refractivity contribution in [1.82, 2.24) is 9.88 Å². The van der Waals surface area contributed by atoms with Crippen molar-refractivity contribution < 1.29 is 14.0 Å². The number of primary amides is 1. The van der Waals surface area contributed by atoms with Crippen molar-refractivity contribution in [2.45, 2.75) is 25.8 Å². The molecule has 30 heavy (non-hydrogen) atoms. The SMILES string of the molecule is Cc1csc(N2CCCN(C(=O)C3=NN(c4ccc(F)cc4)C(C(N)=O)C3)CC2)n1. The molecule has 10 heteroatoms. The summed E-state index contributed by atoms with van der Waals surface area (Å²) in [5.74, 6) is -1.16. The van der Waals surface area contributed by atoms with Gasteiger partial charge in [-0.1, -0.05) is 0 Å². The maximum absolute atomic E-state index is 13.3. The van der Waals surface area contributed by atoms with Gasteiger partial charge in [0.05, 0.1) is 11.4 Å². The van der Waals surface area contributed by atoms with Gasteiger partial charge in [-0.05, 0) is 37.6 Å². The zero-order valence-electron chi connectivity index (χ0n) is 16.6. The van der Waals surface area contributed by atoms with Crippen molar-refractivity contribution in [3.05, 3.63) is 41.2 Å². The quantitative estimate of drug-likeness (QED) is 0.797. The van der Waals surface area contributed by atoms with Crippen molar-refractivity contribution >= 4 is 39.7 Å². The molecule has 1 atom stereocenters. The van der Waals surface area contributed by atoms with Crippen LogP contribution in [0.1, 0.15) is 18.5 Å².